The van der Waals surface area contributed by atoms with E-state index in [1.807, 2.05) is 30.3 Å². The Kier molecular flexibility index (Phi) is 4.43. The highest BCUT2D eigenvalue weighted by molar-refractivity contribution is 5.66. The molecule has 1 aromatic carbocycles. The van der Waals surface area contributed by atoms with Crippen LogP contribution in [0.4, 0.5) is 4.79 Å². The molecule has 0 saturated heterocycles. The Bertz CT molecular complexity index is 413. The molecule has 1 aliphatic rings. The van der Waals surface area contributed by atoms with E-state index in [9.17, 15) is 9.90 Å². The Hall–Kier alpha value is -1.55. The molecule has 0 bridgehead atoms. The number of carboxylic acid groups (broad SMARTS) is 1. The second-order valence-corrected chi connectivity index (χ2v) is 5.34. The van der Waals surface area contributed by atoms with E-state index in [2.05, 4.69) is 0 Å². The normalized spacial score (nSPS) is 17.9. The first-order chi connectivity index (χ1) is 9.18. The van der Waals surface area contributed by atoms with Crippen molar-refractivity contribution < 1.29 is 9.90 Å². The SMILES string of the molecule is NCC1(N(Cc2ccccc2)C(=O)O)CCCCC1. The lowest BCUT2D eigenvalue weighted by molar-refractivity contribution is 0.0490. The predicted molar refractivity (Wildman–Crippen MR) is 74.9 cm³/mol. The number of nitrogens with zero attached hydrogens (tertiary/aromatic N) is 1. The van der Waals surface area contributed by atoms with Gasteiger partial charge in [-0.2, -0.15) is 0 Å². The number of hydrogen-bond donors (Lipinski definition) is 2. The highest BCUT2D eigenvalue weighted by Crippen LogP contribution is 2.34. The number of carbonyl (C=O) groups is 1. The smallest absolute Gasteiger partial charge is 0.408 e. The summed E-state index contributed by atoms with van der Waals surface area (Å²) in [6.45, 7) is 0.833. The first-order valence-electron chi connectivity index (χ1n) is 6.92. The maximum absolute atomic E-state index is 11.6. The van der Waals surface area contributed by atoms with E-state index in [0.29, 0.717) is 13.1 Å². The zero-order valence-electron chi connectivity index (χ0n) is 11.2. The monoisotopic (exact) mass is 262 g/mol. The van der Waals surface area contributed by atoms with Crippen LogP contribution < -0.4 is 5.73 Å². The molecule has 0 unspecified atom stereocenters. The van der Waals surface area contributed by atoms with E-state index in [1.54, 1.807) is 4.90 Å². The number of amides is 1. The summed E-state index contributed by atoms with van der Waals surface area (Å²) in [7, 11) is 0. The zero-order chi connectivity index (χ0) is 13.7. The first kappa shape index (κ1) is 13.9. The van der Waals surface area contributed by atoms with E-state index in [-0.39, 0.29) is 5.54 Å². The number of benzene rings is 1. The fourth-order valence-corrected chi connectivity index (χ4v) is 3.00. The van der Waals surface area contributed by atoms with Gasteiger partial charge in [0.25, 0.3) is 0 Å². The molecule has 1 aliphatic carbocycles. The fraction of sp³-hybridized carbons (Fsp3) is 0.533. The molecule has 0 radical (unpaired) electrons. The highest BCUT2D eigenvalue weighted by atomic mass is 16.4. The van der Waals surface area contributed by atoms with Gasteiger partial charge < -0.3 is 10.8 Å². The second-order valence-electron chi connectivity index (χ2n) is 5.34. The largest absolute Gasteiger partial charge is 0.465 e. The Morgan fingerprint density at radius 2 is 1.84 bits per heavy atom. The van der Waals surface area contributed by atoms with Crippen LogP contribution in [0.5, 0.6) is 0 Å². The van der Waals surface area contributed by atoms with Crippen LogP contribution >= 0.6 is 0 Å². The molecule has 1 aromatic rings. The van der Waals surface area contributed by atoms with Crippen molar-refractivity contribution in [2.45, 2.75) is 44.2 Å². The van der Waals surface area contributed by atoms with Crippen molar-refractivity contribution in [2.75, 3.05) is 6.54 Å². The summed E-state index contributed by atoms with van der Waals surface area (Å²) in [5.74, 6) is 0. The van der Waals surface area contributed by atoms with E-state index in [0.717, 1.165) is 31.2 Å². The summed E-state index contributed by atoms with van der Waals surface area (Å²) in [5, 5.41) is 9.55. The third kappa shape index (κ3) is 3.07. The zero-order valence-corrected chi connectivity index (χ0v) is 11.2. The van der Waals surface area contributed by atoms with E-state index < -0.39 is 6.09 Å². The molecule has 3 N–H and O–H groups in total. The van der Waals surface area contributed by atoms with Gasteiger partial charge in [-0.1, -0.05) is 49.6 Å². The molecule has 4 nitrogen and oxygen atoms in total. The molecule has 104 valence electrons. The second kappa shape index (κ2) is 6.06. The first-order valence-corrected chi connectivity index (χ1v) is 6.92. The van der Waals surface area contributed by atoms with Crippen LogP contribution in [-0.2, 0) is 6.54 Å². The van der Waals surface area contributed by atoms with E-state index in [4.69, 9.17) is 5.73 Å². The van der Waals surface area contributed by atoms with Crippen molar-refractivity contribution >= 4 is 6.09 Å². The Balaban J connectivity index is 2.21. The molecular formula is C15H22N2O2. The fourth-order valence-electron chi connectivity index (χ4n) is 3.00. The van der Waals surface area contributed by atoms with Gasteiger partial charge in [-0.25, -0.2) is 4.79 Å². The molecule has 0 aliphatic heterocycles. The van der Waals surface area contributed by atoms with Gasteiger partial charge in [0, 0.05) is 13.1 Å². The molecule has 19 heavy (non-hydrogen) atoms. The topological polar surface area (TPSA) is 66.6 Å². The Morgan fingerprint density at radius 1 is 1.21 bits per heavy atom. The van der Waals surface area contributed by atoms with Gasteiger partial charge in [-0.05, 0) is 18.4 Å². The van der Waals surface area contributed by atoms with Crippen LogP contribution in [-0.4, -0.2) is 28.2 Å². The summed E-state index contributed by atoms with van der Waals surface area (Å²) in [6.07, 6.45) is 4.20. The lowest BCUT2D eigenvalue weighted by Gasteiger charge is -2.44. The molecule has 1 saturated carbocycles. The quantitative estimate of drug-likeness (QED) is 0.876. The van der Waals surface area contributed by atoms with Crippen molar-refractivity contribution in [3.8, 4) is 0 Å². The predicted octanol–water partition coefficient (Wildman–Crippen LogP) is 2.83. The van der Waals surface area contributed by atoms with Crippen LogP contribution in [0.2, 0.25) is 0 Å². The minimum atomic E-state index is -0.865. The summed E-state index contributed by atoms with van der Waals surface area (Å²) in [6, 6.07) is 9.73. The van der Waals surface area contributed by atoms with Gasteiger partial charge in [0.15, 0.2) is 0 Å². The van der Waals surface area contributed by atoms with Crippen LogP contribution in [0.25, 0.3) is 0 Å². The van der Waals surface area contributed by atoms with Gasteiger partial charge in [0.2, 0.25) is 0 Å². The summed E-state index contributed by atoms with van der Waals surface area (Å²) < 4.78 is 0. The van der Waals surface area contributed by atoms with Crippen molar-refractivity contribution in [3.63, 3.8) is 0 Å². The van der Waals surface area contributed by atoms with E-state index >= 15 is 0 Å². The molecule has 2 rings (SSSR count). The van der Waals surface area contributed by atoms with Gasteiger partial charge in [0.1, 0.15) is 0 Å². The Labute approximate surface area is 114 Å². The molecule has 0 heterocycles. The number of nitrogens with two attached hydrogens (primary N) is 1. The van der Waals surface area contributed by atoms with Gasteiger partial charge in [-0.15, -0.1) is 0 Å². The van der Waals surface area contributed by atoms with Crippen molar-refractivity contribution in [1.29, 1.82) is 0 Å². The Morgan fingerprint density at radius 3 is 2.37 bits per heavy atom. The van der Waals surface area contributed by atoms with Crippen molar-refractivity contribution in [3.05, 3.63) is 35.9 Å². The summed E-state index contributed by atoms with van der Waals surface area (Å²) in [5.41, 5.74) is 6.57. The van der Waals surface area contributed by atoms with E-state index in [1.165, 1.54) is 6.42 Å². The molecule has 1 amide bonds. The molecule has 0 spiro atoms. The highest BCUT2D eigenvalue weighted by Gasteiger charge is 2.39. The molecule has 4 heteroatoms. The van der Waals surface area contributed by atoms with Gasteiger partial charge in [0.05, 0.1) is 5.54 Å². The van der Waals surface area contributed by atoms with Crippen molar-refractivity contribution in [2.24, 2.45) is 5.73 Å². The molecule has 0 aromatic heterocycles. The van der Waals surface area contributed by atoms with Gasteiger partial charge >= 0.3 is 6.09 Å². The molecule has 1 fully saturated rings. The van der Waals surface area contributed by atoms with Crippen LogP contribution in [0.3, 0.4) is 0 Å². The van der Waals surface area contributed by atoms with Crippen molar-refractivity contribution in [1.82, 2.24) is 4.90 Å². The lowest BCUT2D eigenvalue weighted by atomic mass is 9.80. The maximum Gasteiger partial charge on any atom is 0.408 e. The summed E-state index contributed by atoms with van der Waals surface area (Å²) in [4.78, 5) is 13.2. The number of hydrogen-bond acceptors (Lipinski definition) is 2. The summed E-state index contributed by atoms with van der Waals surface area (Å²) >= 11 is 0. The van der Waals surface area contributed by atoms with Crippen LogP contribution in [0.1, 0.15) is 37.7 Å². The average Bonchev–Trinajstić information content (AvgIpc) is 2.46. The average molecular weight is 262 g/mol. The van der Waals surface area contributed by atoms with Crippen LogP contribution in [0.15, 0.2) is 30.3 Å². The standard InChI is InChI=1S/C15H22N2O2/c16-12-15(9-5-2-6-10-15)17(14(18)19)11-13-7-3-1-4-8-13/h1,3-4,7-8H,2,5-6,9-12,16H2,(H,18,19). The van der Waals surface area contributed by atoms with Crippen LogP contribution in [0, 0.1) is 0 Å². The maximum atomic E-state index is 11.6. The molecular weight excluding hydrogens is 240 g/mol. The molecule has 0 atom stereocenters. The third-order valence-corrected chi connectivity index (χ3v) is 4.15. The lowest BCUT2D eigenvalue weighted by Crippen LogP contribution is -2.56. The number of rotatable bonds is 4. The van der Waals surface area contributed by atoms with Gasteiger partial charge in [-0.3, -0.25) is 4.90 Å². The third-order valence-electron chi connectivity index (χ3n) is 4.15. The minimum absolute atomic E-state index is 0.375. The minimum Gasteiger partial charge on any atom is -0.465 e.